The van der Waals surface area contributed by atoms with Gasteiger partial charge in [-0.2, -0.15) is 12.7 Å². The zero-order chi connectivity index (χ0) is 16.8. The summed E-state index contributed by atoms with van der Waals surface area (Å²) in [5, 5.41) is 8.19. The summed E-state index contributed by atoms with van der Waals surface area (Å²) in [4.78, 5) is 0. The van der Waals surface area contributed by atoms with Crippen molar-refractivity contribution in [1.82, 2.24) is 24.0 Å². The van der Waals surface area contributed by atoms with Crippen LogP contribution in [0.1, 0.15) is 25.7 Å². The van der Waals surface area contributed by atoms with Crippen LogP contribution in [0.5, 0.6) is 0 Å². The van der Waals surface area contributed by atoms with Crippen LogP contribution < -0.4 is 4.72 Å². The van der Waals surface area contributed by atoms with E-state index in [-0.39, 0.29) is 0 Å². The van der Waals surface area contributed by atoms with Crippen LogP contribution in [0, 0.1) is 0 Å². The van der Waals surface area contributed by atoms with Crippen LogP contribution in [0.3, 0.4) is 0 Å². The molecule has 2 heterocycles. The molecule has 0 spiro atoms. The molecule has 8 heteroatoms. The van der Waals surface area contributed by atoms with Gasteiger partial charge in [-0.1, -0.05) is 48.4 Å². The van der Waals surface area contributed by atoms with E-state index in [0.717, 1.165) is 36.9 Å². The standard InChI is InChI=1S/C16H23N5O2S/c22-24(23,21-11-6-1-2-7-12-21)17-10-13-20-14-16(18-19-20)15-8-4-3-5-9-15/h3-5,8-9,14,17H,1-2,6-7,10-13H2. The Bertz CT molecular complexity index is 737. The summed E-state index contributed by atoms with van der Waals surface area (Å²) in [6.45, 7) is 1.97. The fourth-order valence-corrected chi connectivity index (χ4v) is 4.08. The van der Waals surface area contributed by atoms with Gasteiger partial charge in [-0.3, -0.25) is 4.68 Å². The minimum Gasteiger partial charge on any atom is -0.251 e. The molecule has 1 saturated heterocycles. The van der Waals surface area contributed by atoms with Gasteiger partial charge in [0.25, 0.3) is 10.2 Å². The van der Waals surface area contributed by atoms with Gasteiger partial charge in [0.2, 0.25) is 0 Å². The third kappa shape index (κ3) is 4.40. The predicted octanol–water partition coefficient (Wildman–Crippen LogP) is 1.66. The molecule has 1 aliphatic heterocycles. The molecule has 130 valence electrons. The number of aromatic nitrogens is 3. The Hall–Kier alpha value is -1.77. The van der Waals surface area contributed by atoms with Crippen LogP contribution in [0.4, 0.5) is 0 Å². The lowest BCUT2D eigenvalue weighted by Gasteiger charge is -2.20. The number of hydrogen-bond acceptors (Lipinski definition) is 4. The second kappa shape index (κ2) is 7.87. The molecule has 7 nitrogen and oxygen atoms in total. The van der Waals surface area contributed by atoms with Crippen LogP contribution in [0.2, 0.25) is 0 Å². The van der Waals surface area contributed by atoms with E-state index in [1.165, 1.54) is 0 Å². The normalized spacial score (nSPS) is 16.8. The number of nitrogens with one attached hydrogen (secondary N) is 1. The predicted molar refractivity (Wildman–Crippen MR) is 92.4 cm³/mol. The first-order chi connectivity index (χ1) is 11.6. The highest BCUT2D eigenvalue weighted by atomic mass is 32.2. The van der Waals surface area contributed by atoms with Crippen molar-refractivity contribution in [3.05, 3.63) is 36.5 Å². The van der Waals surface area contributed by atoms with Crippen LogP contribution in [0.15, 0.2) is 36.5 Å². The number of rotatable bonds is 6. The summed E-state index contributed by atoms with van der Waals surface area (Å²) in [5.74, 6) is 0. The van der Waals surface area contributed by atoms with E-state index in [9.17, 15) is 8.42 Å². The smallest absolute Gasteiger partial charge is 0.251 e. The van der Waals surface area contributed by atoms with Crippen LogP contribution >= 0.6 is 0 Å². The fourth-order valence-electron chi connectivity index (χ4n) is 2.81. The lowest BCUT2D eigenvalue weighted by atomic mass is 10.2. The molecule has 0 aliphatic carbocycles. The van der Waals surface area contributed by atoms with Gasteiger partial charge in [0.05, 0.1) is 12.7 Å². The molecule has 0 bridgehead atoms. The molecule has 1 N–H and O–H groups in total. The van der Waals surface area contributed by atoms with Crippen LogP contribution in [0.25, 0.3) is 11.3 Å². The summed E-state index contributed by atoms with van der Waals surface area (Å²) in [7, 11) is -3.40. The molecule has 0 atom stereocenters. The largest absolute Gasteiger partial charge is 0.279 e. The summed E-state index contributed by atoms with van der Waals surface area (Å²) in [6.07, 6.45) is 5.91. The zero-order valence-electron chi connectivity index (χ0n) is 13.6. The molecule has 1 aromatic carbocycles. The average Bonchev–Trinajstić information content (AvgIpc) is 2.88. The molecule has 1 aliphatic rings. The molecule has 0 amide bonds. The highest BCUT2D eigenvalue weighted by Gasteiger charge is 2.22. The zero-order valence-corrected chi connectivity index (χ0v) is 14.5. The third-order valence-electron chi connectivity index (χ3n) is 4.14. The van der Waals surface area contributed by atoms with Crippen molar-refractivity contribution in [3.63, 3.8) is 0 Å². The van der Waals surface area contributed by atoms with Gasteiger partial charge in [0.1, 0.15) is 5.69 Å². The van der Waals surface area contributed by atoms with Gasteiger partial charge in [-0.15, -0.1) is 5.10 Å². The summed E-state index contributed by atoms with van der Waals surface area (Å²) in [6, 6.07) is 9.78. The Kier molecular flexibility index (Phi) is 5.60. The van der Waals surface area contributed by atoms with Crippen LogP contribution in [-0.4, -0.2) is 47.4 Å². The molecule has 0 saturated carbocycles. The second-order valence-electron chi connectivity index (χ2n) is 5.95. The van der Waals surface area contributed by atoms with Crippen molar-refractivity contribution < 1.29 is 8.42 Å². The average molecular weight is 349 g/mol. The van der Waals surface area contributed by atoms with E-state index in [0.29, 0.717) is 26.2 Å². The lowest BCUT2D eigenvalue weighted by Crippen LogP contribution is -2.42. The van der Waals surface area contributed by atoms with Gasteiger partial charge >= 0.3 is 0 Å². The second-order valence-corrected chi connectivity index (χ2v) is 7.70. The van der Waals surface area contributed by atoms with E-state index >= 15 is 0 Å². The maximum absolute atomic E-state index is 12.3. The first-order valence-electron chi connectivity index (χ1n) is 8.35. The Morgan fingerprint density at radius 3 is 2.46 bits per heavy atom. The Balaban J connectivity index is 1.53. The van der Waals surface area contributed by atoms with Crippen LogP contribution in [-0.2, 0) is 16.8 Å². The third-order valence-corrected chi connectivity index (χ3v) is 5.75. The van der Waals surface area contributed by atoms with E-state index in [1.54, 1.807) is 8.99 Å². The quantitative estimate of drug-likeness (QED) is 0.860. The molecule has 2 aromatic rings. The van der Waals surface area contributed by atoms with Gasteiger partial charge in [-0.25, -0.2) is 4.72 Å². The molecule has 24 heavy (non-hydrogen) atoms. The van der Waals surface area contributed by atoms with Crippen molar-refractivity contribution >= 4 is 10.2 Å². The Labute approximate surface area is 142 Å². The molecule has 1 aromatic heterocycles. The number of benzene rings is 1. The Morgan fingerprint density at radius 1 is 1.04 bits per heavy atom. The minimum atomic E-state index is -3.40. The maximum Gasteiger partial charge on any atom is 0.279 e. The highest BCUT2D eigenvalue weighted by Crippen LogP contribution is 2.15. The summed E-state index contributed by atoms with van der Waals surface area (Å²) >= 11 is 0. The topological polar surface area (TPSA) is 80.1 Å². The Morgan fingerprint density at radius 2 is 1.75 bits per heavy atom. The van der Waals surface area contributed by atoms with Gasteiger partial charge < -0.3 is 0 Å². The minimum absolute atomic E-state index is 0.302. The van der Waals surface area contributed by atoms with Crippen molar-refractivity contribution in [2.45, 2.75) is 32.2 Å². The van der Waals surface area contributed by atoms with Crippen molar-refractivity contribution in [1.29, 1.82) is 0 Å². The fraction of sp³-hybridized carbons (Fsp3) is 0.500. The van der Waals surface area contributed by atoms with E-state index in [4.69, 9.17) is 0 Å². The summed E-state index contributed by atoms with van der Waals surface area (Å²) in [5.41, 5.74) is 1.78. The first-order valence-corrected chi connectivity index (χ1v) is 9.79. The van der Waals surface area contributed by atoms with E-state index in [2.05, 4.69) is 15.0 Å². The summed E-state index contributed by atoms with van der Waals surface area (Å²) < 4.78 is 30.5. The first kappa shape index (κ1) is 17.1. The maximum atomic E-state index is 12.3. The monoisotopic (exact) mass is 349 g/mol. The van der Waals surface area contributed by atoms with Gasteiger partial charge in [-0.05, 0) is 12.8 Å². The molecule has 3 rings (SSSR count). The number of nitrogens with zero attached hydrogens (tertiary/aromatic N) is 4. The molecular weight excluding hydrogens is 326 g/mol. The SMILES string of the molecule is O=S(=O)(NCCn1cc(-c2ccccc2)nn1)N1CCCCCC1. The van der Waals surface area contributed by atoms with Crippen molar-refractivity contribution in [2.75, 3.05) is 19.6 Å². The molecule has 1 fully saturated rings. The number of hydrogen-bond donors (Lipinski definition) is 1. The van der Waals surface area contributed by atoms with Gasteiger partial charge in [0, 0.05) is 25.2 Å². The van der Waals surface area contributed by atoms with Crippen molar-refractivity contribution in [3.8, 4) is 11.3 Å². The van der Waals surface area contributed by atoms with E-state index < -0.39 is 10.2 Å². The van der Waals surface area contributed by atoms with Crippen molar-refractivity contribution in [2.24, 2.45) is 0 Å². The molecule has 0 radical (unpaired) electrons. The highest BCUT2D eigenvalue weighted by molar-refractivity contribution is 7.87. The van der Waals surface area contributed by atoms with Gasteiger partial charge in [0.15, 0.2) is 0 Å². The molecule has 0 unspecified atom stereocenters. The molecular formula is C16H23N5O2S. The lowest BCUT2D eigenvalue weighted by molar-refractivity contribution is 0.412. The van der Waals surface area contributed by atoms with E-state index in [1.807, 2.05) is 36.5 Å².